The Kier molecular flexibility index (Phi) is 3.41. The molecule has 2 nitrogen and oxygen atoms in total. The Morgan fingerprint density at radius 1 is 0.909 bits per heavy atom. The highest BCUT2D eigenvalue weighted by Gasteiger charge is 2.24. The first kappa shape index (κ1) is 13.5. The minimum atomic E-state index is -0.513. The molecular formula is C20H19NO. The van der Waals surface area contributed by atoms with E-state index in [1.54, 1.807) is 0 Å². The van der Waals surface area contributed by atoms with E-state index in [0.29, 0.717) is 0 Å². The highest BCUT2D eigenvalue weighted by Crippen LogP contribution is 2.35. The van der Waals surface area contributed by atoms with Crippen LogP contribution in [0.5, 0.6) is 0 Å². The first-order chi connectivity index (χ1) is 10.8. The maximum Gasteiger partial charge on any atom is 0.0958 e. The van der Waals surface area contributed by atoms with E-state index in [2.05, 4.69) is 59.9 Å². The van der Waals surface area contributed by atoms with E-state index in [1.165, 1.54) is 10.8 Å². The van der Waals surface area contributed by atoms with Crippen LogP contribution in [0.4, 0.5) is 0 Å². The second-order valence-corrected chi connectivity index (χ2v) is 5.90. The molecule has 0 spiro atoms. The summed E-state index contributed by atoms with van der Waals surface area (Å²) < 4.78 is 0. The number of aliphatic hydroxyl groups excluding tert-OH is 1. The third-order valence-electron chi connectivity index (χ3n) is 4.54. The van der Waals surface area contributed by atoms with Gasteiger partial charge < -0.3 is 10.4 Å². The third kappa shape index (κ3) is 2.21. The molecule has 1 aliphatic heterocycles. The van der Waals surface area contributed by atoms with E-state index < -0.39 is 6.10 Å². The fraction of sp³-hybridized carbons (Fsp3) is 0.200. The van der Waals surface area contributed by atoms with Crippen molar-refractivity contribution in [3.63, 3.8) is 0 Å². The smallest absolute Gasteiger partial charge is 0.0958 e. The van der Waals surface area contributed by atoms with Gasteiger partial charge in [-0.15, -0.1) is 0 Å². The maximum atomic E-state index is 11.0. The van der Waals surface area contributed by atoms with Gasteiger partial charge in [-0.3, -0.25) is 0 Å². The second-order valence-electron chi connectivity index (χ2n) is 5.90. The molecule has 1 aliphatic rings. The summed E-state index contributed by atoms with van der Waals surface area (Å²) >= 11 is 0. The van der Waals surface area contributed by atoms with Crippen molar-refractivity contribution in [2.75, 3.05) is 6.54 Å². The topological polar surface area (TPSA) is 32.3 Å². The van der Waals surface area contributed by atoms with Crippen LogP contribution in [0, 0.1) is 0 Å². The summed E-state index contributed by atoms with van der Waals surface area (Å²) in [5.74, 6) is 0. The minimum Gasteiger partial charge on any atom is -0.387 e. The predicted octanol–water partition coefficient (Wildman–Crippen LogP) is 3.94. The van der Waals surface area contributed by atoms with Crippen molar-refractivity contribution in [2.24, 2.45) is 0 Å². The number of fused-ring (bicyclic) bond motifs is 2. The van der Waals surface area contributed by atoms with Crippen LogP contribution in [0.2, 0.25) is 0 Å². The average Bonchev–Trinajstić information content (AvgIpc) is 2.60. The summed E-state index contributed by atoms with van der Waals surface area (Å²) in [4.78, 5) is 0. The van der Waals surface area contributed by atoms with Gasteiger partial charge in [-0.25, -0.2) is 0 Å². The van der Waals surface area contributed by atoms with Gasteiger partial charge in [0, 0.05) is 12.6 Å². The molecule has 0 aliphatic carbocycles. The lowest BCUT2D eigenvalue weighted by Crippen LogP contribution is -2.36. The molecule has 0 amide bonds. The lowest BCUT2D eigenvalue weighted by atomic mass is 9.89. The molecule has 0 saturated heterocycles. The third-order valence-corrected chi connectivity index (χ3v) is 4.54. The summed E-state index contributed by atoms with van der Waals surface area (Å²) in [5, 5.41) is 19.1. The Morgan fingerprint density at radius 3 is 2.14 bits per heavy atom. The Hall–Kier alpha value is -2.16. The van der Waals surface area contributed by atoms with Crippen LogP contribution in [0.1, 0.15) is 18.1 Å². The van der Waals surface area contributed by atoms with E-state index in [-0.39, 0.29) is 6.04 Å². The first-order valence-electron chi connectivity index (χ1n) is 7.81. The maximum absolute atomic E-state index is 11.0. The van der Waals surface area contributed by atoms with Gasteiger partial charge >= 0.3 is 0 Å². The van der Waals surface area contributed by atoms with E-state index in [1.807, 2.05) is 12.1 Å². The zero-order valence-corrected chi connectivity index (χ0v) is 12.4. The van der Waals surface area contributed by atoms with Crippen LogP contribution in [0.15, 0.2) is 66.7 Å². The average molecular weight is 289 g/mol. The monoisotopic (exact) mass is 289 g/mol. The molecule has 0 saturated carbocycles. The Morgan fingerprint density at radius 2 is 1.55 bits per heavy atom. The summed E-state index contributed by atoms with van der Waals surface area (Å²) in [5.41, 5.74) is 1.04. The Balaban J connectivity index is 1.97. The molecule has 0 aromatic heterocycles. The standard InChI is InChI=1S/C20H19NO/c22-20(18-11-5-6-12-21-18)19-16-9-3-1-7-14(16)13-15-8-2-4-10-17(15)19/h1-10,13,18,20-22H,11-12H2/t18-,20-/m1/s1. The highest BCUT2D eigenvalue weighted by atomic mass is 16.3. The van der Waals surface area contributed by atoms with Gasteiger partial charge in [0.1, 0.15) is 0 Å². The Labute approximate surface area is 130 Å². The van der Waals surface area contributed by atoms with Gasteiger partial charge in [-0.2, -0.15) is 0 Å². The SMILES string of the molecule is O[C@@H](c1c2ccccc2cc2ccccc12)[C@H]1CC=CCN1. The van der Waals surface area contributed by atoms with Crippen LogP contribution in [0.25, 0.3) is 21.5 Å². The van der Waals surface area contributed by atoms with E-state index in [0.717, 1.165) is 29.3 Å². The number of nitrogens with one attached hydrogen (secondary N) is 1. The molecule has 2 atom stereocenters. The molecule has 0 unspecified atom stereocenters. The second kappa shape index (κ2) is 5.56. The van der Waals surface area contributed by atoms with Crippen molar-refractivity contribution in [3.8, 4) is 0 Å². The van der Waals surface area contributed by atoms with E-state index in [4.69, 9.17) is 0 Å². The van der Waals surface area contributed by atoms with Crippen LogP contribution in [0.3, 0.4) is 0 Å². The minimum absolute atomic E-state index is 0.0687. The van der Waals surface area contributed by atoms with Crippen molar-refractivity contribution >= 4 is 21.5 Å². The number of aliphatic hydroxyl groups is 1. The molecule has 4 rings (SSSR count). The van der Waals surface area contributed by atoms with Gasteiger partial charge in [0.05, 0.1) is 6.10 Å². The lowest BCUT2D eigenvalue weighted by Gasteiger charge is -2.27. The number of rotatable bonds is 2. The largest absolute Gasteiger partial charge is 0.387 e. The van der Waals surface area contributed by atoms with Crippen LogP contribution < -0.4 is 5.32 Å². The van der Waals surface area contributed by atoms with Crippen molar-refractivity contribution in [3.05, 3.63) is 72.3 Å². The summed E-state index contributed by atoms with van der Waals surface area (Å²) in [6.45, 7) is 0.824. The lowest BCUT2D eigenvalue weighted by molar-refractivity contribution is 0.132. The molecule has 0 radical (unpaired) electrons. The van der Waals surface area contributed by atoms with Crippen LogP contribution in [-0.2, 0) is 0 Å². The zero-order valence-electron chi connectivity index (χ0n) is 12.4. The summed E-state index contributed by atoms with van der Waals surface area (Å²) in [6, 6.07) is 18.9. The normalized spacial score (nSPS) is 19.6. The van der Waals surface area contributed by atoms with E-state index in [9.17, 15) is 5.11 Å². The van der Waals surface area contributed by atoms with Crippen molar-refractivity contribution in [1.29, 1.82) is 0 Å². The van der Waals surface area contributed by atoms with Gasteiger partial charge in [0.25, 0.3) is 0 Å². The molecule has 22 heavy (non-hydrogen) atoms. The molecule has 2 heteroatoms. The fourth-order valence-electron chi connectivity index (χ4n) is 3.44. The van der Waals surface area contributed by atoms with Gasteiger partial charge in [-0.05, 0) is 39.6 Å². The molecule has 0 bridgehead atoms. The van der Waals surface area contributed by atoms with E-state index >= 15 is 0 Å². The molecular weight excluding hydrogens is 270 g/mol. The van der Waals surface area contributed by atoms with Crippen LogP contribution >= 0.6 is 0 Å². The number of hydrogen-bond donors (Lipinski definition) is 2. The Bertz CT molecular complexity index is 799. The van der Waals surface area contributed by atoms with Gasteiger partial charge in [0.15, 0.2) is 0 Å². The molecule has 110 valence electrons. The quantitative estimate of drug-likeness (QED) is 0.553. The first-order valence-corrected chi connectivity index (χ1v) is 7.81. The van der Waals surface area contributed by atoms with Crippen molar-refractivity contribution in [2.45, 2.75) is 18.6 Å². The zero-order chi connectivity index (χ0) is 14.9. The predicted molar refractivity (Wildman–Crippen MR) is 92.0 cm³/mol. The molecule has 2 N–H and O–H groups in total. The van der Waals surface area contributed by atoms with Crippen molar-refractivity contribution < 1.29 is 5.11 Å². The molecule has 3 aromatic rings. The molecule has 1 heterocycles. The molecule has 3 aromatic carbocycles. The van der Waals surface area contributed by atoms with Crippen molar-refractivity contribution in [1.82, 2.24) is 5.32 Å². The van der Waals surface area contributed by atoms with Gasteiger partial charge in [0.2, 0.25) is 0 Å². The number of hydrogen-bond acceptors (Lipinski definition) is 2. The number of benzene rings is 3. The summed E-state index contributed by atoms with van der Waals surface area (Å²) in [7, 11) is 0. The fourth-order valence-corrected chi connectivity index (χ4v) is 3.44. The highest BCUT2D eigenvalue weighted by molar-refractivity contribution is 6.02. The van der Waals surface area contributed by atoms with Crippen LogP contribution in [-0.4, -0.2) is 17.7 Å². The molecule has 0 fully saturated rings. The van der Waals surface area contributed by atoms with Gasteiger partial charge in [-0.1, -0.05) is 60.7 Å². The summed E-state index contributed by atoms with van der Waals surface area (Å²) in [6.07, 6.45) is 4.61.